The number of aromatic nitrogens is 1. The Bertz CT molecular complexity index is 1100. The van der Waals surface area contributed by atoms with Gasteiger partial charge in [0.1, 0.15) is 15.5 Å². The van der Waals surface area contributed by atoms with Crippen molar-refractivity contribution in [2.75, 3.05) is 5.73 Å². The van der Waals surface area contributed by atoms with Crippen LogP contribution in [0.15, 0.2) is 41.0 Å². The fourth-order valence-corrected chi connectivity index (χ4v) is 3.83. The molecule has 4 rings (SSSR count). The molecule has 0 spiro atoms. The predicted octanol–water partition coefficient (Wildman–Crippen LogP) is 4.17. The summed E-state index contributed by atoms with van der Waals surface area (Å²) < 4.78 is 5.23. The van der Waals surface area contributed by atoms with Gasteiger partial charge in [-0.15, -0.1) is 11.3 Å². The summed E-state index contributed by atoms with van der Waals surface area (Å²) in [6.07, 6.45) is 1.58. The van der Waals surface area contributed by atoms with Crippen molar-refractivity contribution in [3.8, 4) is 0 Å². The molecule has 0 radical (unpaired) electrons. The summed E-state index contributed by atoms with van der Waals surface area (Å²) in [7, 11) is 0. The smallest absolute Gasteiger partial charge is 0.263 e. The van der Waals surface area contributed by atoms with Gasteiger partial charge in [0.05, 0.1) is 24.0 Å². The number of aryl methyl sites for hydroxylation is 2. The Hall–Kier alpha value is -2.86. The zero-order valence-corrected chi connectivity index (χ0v) is 14.7. The van der Waals surface area contributed by atoms with Crippen molar-refractivity contribution in [3.05, 3.63) is 58.4 Å². The van der Waals surface area contributed by atoms with Gasteiger partial charge >= 0.3 is 0 Å². The molecule has 6 heteroatoms. The minimum Gasteiger partial charge on any atom is -0.467 e. The standard InChI is InChI=1S/C19H17N3O2S/c1-10-5-6-12-8-14-15(20)17(25-19(14)22-16(12)11(10)2)18(23)21-9-13-4-3-7-24-13/h3-8H,9,20H2,1-2H3,(H,21,23). The Kier molecular flexibility index (Phi) is 3.69. The highest BCUT2D eigenvalue weighted by Gasteiger charge is 2.18. The van der Waals surface area contributed by atoms with E-state index in [0.717, 1.165) is 26.7 Å². The third kappa shape index (κ3) is 2.64. The molecule has 0 aliphatic heterocycles. The average molecular weight is 351 g/mol. The number of benzene rings is 1. The van der Waals surface area contributed by atoms with Crippen LogP contribution in [0, 0.1) is 13.8 Å². The first kappa shape index (κ1) is 15.7. The second-order valence-corrected chi connectivity index (χ2v) is 7.03. The molecule has 3 N–H and O–H groups in total. The van der Waals surface area contributed by atoms with Gasteiger partial charge in [-0.1, -0.05) is 12.1 Å². The summed E-state index contributed by atoms with van der Waals surface area (Å²) in [5.41, 5.74) is 10.0. The number of amides is 1. The van der Waals surface area contributed by atoms with Crippen molar-refractivity contribution in [2.45, 2.75) is 20.4 Å². The van der Waals surface area contributed by atoms with Gasteiger partial charge < -0.3 is 15.5 Å². The molecule has 25 heavy (non-hydrogen) atoms. The molecule has 1 aromatic carbocycles. The molecule has 0 saturated carbocycles. The highest BCUT2D eigenvalue weighted by molar-refractivity contribution is 7.21. The zero-order valence-electron chi connectivity index (χ0n) is 13.9. The second kappa shape index (κ2) is 5.89. The molecule has 4 aromatic rings. The van der Waals surface area contributed by atoms with E-state index in [4.69, 9.17) is 15.1 Å². The molecule has 126 valence electrons. The van der Waals surface area contributed by atoms with Crippen LogP contribution in [0.4, 0.5) is 5.69 Å². The molecule has 0 bridgehead atoms. The van der Waals surface area contributed by atoms with Crippen LogP contribution in [0.1, 0.15) is 26.6 Å². The number of thiophene rings is 1. The number of nitrogens with two attached hydrogens (primary N) is 1. The molecule has 0 atom stereocenters. The predicted molar refractivity (Wildman–Crippen MR) is 101 cm³/mol. The van der Waals surface area contributed by atoms with Crippen molar-refractivity contribution >= 4 is 44.1 Å². The van der Waals surface area contributed by atoms with Crippen LogP contribution in [0.25, 0.3) is 21.1 Å². The summed E-state index contributed by atoms with van der Waals surface area (Å²) in [6.45, 7) is 4.45. The summed E-state index contributed by atoms with van der Waals surface area (Å²) in [4.78, 5) is 18.5. The molecular formula is C19H17N3O2S. The van der Waals surface area contributed by atoms with Crippen LogP contribution in [0.3, 0.4) is 0 Å². The van der Waals surface area contributed by atoms with E-state index < -0.39 is 0 Å². The molecule has 0 fully saturated rings. The summed E-state index contributed by atoms with van der Waals surface area (Å²) in [5.74, 6) is 0.483. The molecule has 0 aliphatic carbocycles. The number of nitrogen functional groups attached to an aromatic ring is 1. The summed E-state index contributed by atoms with van der Waals surface area (Å²) in [5, 5.41) is 4.69. The number of furan rings is 1. The molecule has 5 nitrogen and oxygen atoms in total. The third-order valence-corrected chi connectivity index (χ3v) is 5.53. The van der Waals surface area contributed by atoms with E-state index in [1.807, 2.05) is 18.2 Å². The summed E-state index contributed by atoms with van der Waals surface area (Å²) >= 11 is 1.32. The highest BCUT2D eigenvalue weighted by atomic mass is 32.1. The lowest BCUT2D eigenvalue weighted by atomic mass is 10.0. The van der Waals surface area contributed by atoms with Crippen LogP contribution in [0.2, 0.25) is 0 Å². The summed E-state index contributed by atoms with van der Waals surface area (Å²) in [6, 6.07) is 9.73. The molecule has 0 aliphatic rings. The number of nitrogens with one attached hydrogen (secondary N) is 1. The average Bonchev–Trinajstić information content (AvgIpc) is 3.23. The van der Waals surface area contributed by atoms with Crippen molar-refractivity contribution < 1.29 is 9.21 Å². The monoisotopic (exact) mass is 351 g/mol. The Morgan fingerprint density at radius 1 is 1.32 bits per heavy atom. The fraction of sp³-hybridized carbons (Fsp3) is 0.158. The number of nitrogens with zero attached hydrogens (tertiary/aromatic N) is 1. The van der Waals surface area contributed by atoms with E-state index in [1.165, 1.54) is 16.9 Å². The van der Waals surface area contributed by atoms with Crippen LogP contribution in [0.5, 0.6) is 0 Å². The first-order chi connectivity index (χ1) is 12.0. The zero-order chi connectivity index (χ0) is 17.6. The Morgan fingerprint density at radius 2 is 2.16 bits per heavy atom. The van der Waals surface area contributed by atoms with Gasteiger partial charge in [0.25, 0.3) is 5.91 Å². The number of anilines is 1. The van der Waals surface area contributed by atoms with Crippen molar-refractivity contribution in [3.63, 3.8) is 0 Å². The number of carbonyl (C=O) groups is 1. The van der Waals surface area contributed by atoms with Gasteiger partial charge in [0.15, 0.2) is 0 Å². The van der Waals surface area contributed by atoms with Gasteiger partial charge in [-0.05, 0) is 43.2 Å². The molecule has 0 unspecified atom stereocenters. The third-order valence-electron chi connectivity index (χ3n) is 4.42. The van der Waals surface area contributed by atoms with Crippen LogP contribution in [-0.4, -0.2) is 10.9 Å². The molecular weight excluding hydrogens is 334 g/mol. The van der Waals surface area contributed by atoms with Gasteiger partial charge in [0.2, 0.25) is 0 Å². The first-order valence-electron chi connectivity index (χ1n) is 7.94. The fourth-order valence-electron chi connectivity index (χ4n) is 2.84. The van der Waals surface area contributed by atoms with Gasteiger partial charge in [0, 0.05) is 10.8 Å². The number of hydrogen-bond acceptors (Lipinski definition) is 5. The minimum atomic E-state index is -0.214. The lowest BCUT2D eigenvalue weighted by Crippen LogP contribution is -2.22. The van der Waals surface area contributed by atoms with Gasteiger partial charge in [-0.2, -0.15) is 0 Å². The Morgan fingerprint density at radius 3 is 2.92 bits per heavy atom. The molecule has 1 amide bonds. The first-order valence-corrected chi connectivity index (χ1v) is 8.76. The molecule has 3 heterocycles. The SMILES string of the molecule is Cc1ccc2cc3c(N)c(C(=O)NCc4ccco4)sc3nc2c1C. The largest absolute Gasteiger partial charge is 0.467 e. The van der Waals surface area contributed by atoms with Crippen molar-refractivity contribution in [1.29, 1.82) is 0 Å². The van der Waals surface area contributed by atoms with E-state index in [-0.39, 0.29) is 5.91 Å². The van der Waals surface area contributed by atoms with E-state index in [0.29, 0.717) is 22.9 Å². The van der Waals surface area contributed by atoms with Crippen LogP contribution in [-0.2, 0) is 6.54 Å². The lowest BCUT2D eigenvalue weighted by Gasteiger charge is -2.05. The normalized spacial score (nSPS) is 11.3. The van der Waals surface area contributed by atoms with E-state index in [9.17, 15) is 4.79 Å². The Labute approximate surface area is 148 Å². The lowest BCUT2D eigenvalue weighted by molar-refractivity contribution is 0.0953. The van der Waals surface area contributed by atoms with Gasteiger partial charge in [-0.25, -0.2) is 4.98 Å². The highest BCUT2D eigenvalue weighted by Crippen LogP contribution is 2.35. The maximum atomic E-state index is 12.5. The number of fused-ring (bicyclic) bond motifs is 2. The van der Waals surface area contributed by atoms with Crippen LogP contribution >= 0.6 is 11.3 Å². The second-order valence-electron chi connectivity index (χ2n) is 6.03. The maximum absolute atomic E-state index is 12.5. The minimum absolute atomic E-state index is 0.214. The number of pyridine rings is 1. The molecule has 3 aromatic heterocycles. The quantitative estimate of drug-likeness (QED) is 0.580. The van der Waals surface area contributed by atoms with Gasteiger partial charge in [-0.3, -0.25) is 4.79 Å². The van der Waals surface area contributed by atoms with E-state index in [1.54, 1.807) is 12.3 Å². The number of hydrogen-bond donors (Lipinski definition) is 2. The van der Waals surface area contributed by atoms with Crippen molar-refractivity contribution in [2.24, 2.45) is 0 Å². The van der Waals surface area contributed by atoms with E-state index >= 15 is 0 Å². The number of rotatable bonds is 3. The molecule has 0 saturated heterocycles. The van der Waals surface area contributed by atoms with Crippen LogP contribution < -0.4 is 11.1 Å². The number of carbonyl (C=O) groups excluding carboxylic acids is 1. The van der Waals surface area contributed by atoms with Crippen molar-refractivity contribution in [1.82, 2.24) is 10.3 Å². The topological polar surface area (TPSA) is 81.2 Å². The van der Waals surface area contributed by atoms with E-state index in [2.05, 4.69) is 25.2 Å². The Balaban J connectivity index is 1.74. The maximum Gasteiger partial charge on any atom is 0.263 e.